The molecule has 0 saturated carbocycles. The lowest BCUT2D eigenvalue weighted by molar-refractivity contribution is -0.896. The van der Waals surface area contributed by atoms with Crippen molar-refractivity contribution in [3.63, 3.8) is 0 Å². The molecule has 84 valence electrons. The summed E-state index contributed by atoms with van der Waals surface area (Å²) in [5.74, 6) is 0. The van der Waals surface area contributed by atoms with Crippen LogP contribution in [-0.4, -0.2) is 62.8 Å². The van der Waals surface area contributed by atoms with E-state index in [1.54, 1.807) is 0 Å². The highest BCUT2D eigenvalue weighted by atomic mass is 19.4. The Balaban J connectivity index is 2.22. The Morgan fingerprint density at radius 3 is 2.21 bits per heavy atom. The average molecular weight is 212 g/mol. The van der Waals surface area contributed by atoms with Gasteiger partial charge in [0.05, 0.1) is 26.1 Å². The second kappa shape index (κ2) is 5.00. The van der Waals surface area contributed by atoms with Crippen LogP contribution in [0.15, 0.2) is 0 Å². The van der Waals surface area contributed by atoms with Crippen LogP contribution < -0.4 is 4.90 Å². The molecule has 14 heavy (non-hydrogen) atoms. The first kappa shape index (κ1) is 11.8. The van der Waals surface area contributed by atoms with Gasteiger partial charge in [-0.25, -0.2) is 0 Å². The maximum Gasteiger partial charge on any atom is 0.531 e. The van der Waals surface area contributed by atoms with E-state index in [1.165, 1.54) is 0 Å². The van der Waals surface area contributed by atoms with E-state index in [0.29, 0.717) is 37.6 Å². The highest BCUT2D eigenvalue weighted by Gasteiger charge is 2.31. The van der Waals surface area contributed by atoms with Crippen molar-refractivity contribution in [2.24, 2.45) is 0 Å². The third-order valence-corrected chi connectivity index (χ3v) is 2.50. The summed E-state index contributed by atoms with van der Waals surface area (Å²) in [6, 6.07) is 0. The number of aliphatic hydroxyl groups is 1. The van der Waals surface area contributed by atoms with Crippen molar-refractivity contribution in [2.75, 3.05) is 45.8 Å². The Labute approximate surface area is 81.5 Å². The van der Waals surface area contributed by atoms with Gasteiger partial charge in [-0.05, 0) is 0 Å². The van der Waals surface area contributed by atoms with Gasteiger partial charge in [0.2, 0.25) is 0 Å². The van der Waals surface area contributed by atoms with Gasteiger partial charge in [-0.3, -0.25) is 4.90 Å². The van der Waals surface area contributed by atoms with Crippen LogP contribution in [0.1, 0.15) is 0 Å². The van der Waals surface area contributed by atoms with E-state index in [4.69, 9.17) is 5.11 Å². The molecule has 1 heterocycles. The number of hydrogen-bond donors (Lipinski definition) is 2. The summed E-state index contributed by atoms with van der Waals surface area (Å²) in [4.78, 5) is 2.61. The topological polar surface area (TPSA) is 27.9 Å². The van der Waals surface area contributed by atoms with Crippen LogP contribution in [0, 0.1) is 0 Å². The SMILES string of the molecule is OCCN1CC[NH+](C[B-](F)(F)F)CC1. The molecule has 0 unspecified atom stereocenters. The zero-order chi connectivity index (χ0) is 10.6. The Bertz CT molecular complexity index is 171. The van der Waals surface area contributed by atoms with Crippen LogP contribution in [0.4, 0.5) is 12.9 Å². The zero-order valence-corrected chi connectivity index (χ0v) is 8.06. The van der Waals surface area contributed by atoms with Crippen molar-refractivity contribution in [3.8, 4) is 0 Å². The van der Waals surface area contributed by atoms with Gasteiger partial charge in [0.1, 0.15) is 0 Å². The van der Waals surface area contributed by atoms with Crippen LogP contribution in [0.3, 0.4) is 0 Å². The van der Waals surface area contributed by atoms with E-state index < -0.39 is 13.4 Å². The molecule has 0 amide bonds. The van der Waals surface area contributed by atoms with Crippen molar-refractivity contribution in [3.05, 3.63) is 0 Å². The first-order chi connectivity index (χ1) is 6.51. The molecule has 0 aromatic carbocycles. The number of quaternary nitrogens is 1. The standard InChI is InChI=1S/C7H15BF3N2O/c9-8(10,11)7-13-3-1-12(2-4-13)5-6-14/h14H,1-7H2/q-1/p+1. The Hall–Kier alpha value is -0.265. The molecule has 3 nitrogen and oxygen atoms in total. The molecule has 0 atom stereocenters. The Morgan fingerprint density at radius 1 is 1.21 bits per heavy atom. The largest absolute Gasteiger partial charge is 0.531 e. The molecule has 0 aromatic rings. The maximum absolute atomic E-state index is 12.1. The van der Waals surface area contributed by atoms with Gasteiger partial charge >= 0.3 is 6.98 Å². The maximum atomic E-state index is 12.1. The predicted octanol–water partition coefficient (Wildman–Crippen LogP) is -1.43. The zero-order valence-electron chi connectivity index (χ0n) is 8.06. The Morgan fingerprint density at radius 2 is 1.79 bits per heavy atom. The summed E-state index contributed by atoms with van der Waals surface area (Å²) in [7, 11) is 0. The summed E-state index contributed by atoms with van der Waals surface area (Å²) in [5.41, 5.74) is 0. The number of halogens is 3. The first-order valence-corrected chi connectivity index (χ1v) is 4.89. The summed E-state index contributed by atoms with van der Waals surface area (Å²) >= 11 is 0. The Kier molecular flexibility index (Phi) is 4.21. The lowest BCUT2D eigenvalue weighted by Gasteiger charge is -2.34. The summed E-state index contributed by atoms with van der Waals surface area (Å²) in [5, 5.41) is 8.65. The number of nitrogens with one attached hydrogen (secondary N) is 1. The van der Waals surface area contributed by atoms with Gasteiger partial charge in [0.15, 0.2) is 0 Å². The van der Waals surface area contributed by atoms with Gasteiger partial charge < -0.3 is 23.0 Å². The minimum atomic E-state index is -4.66. The molecular formula is C7H16BF3N2O. The fourth-order valence-corrected chi connectivity index (χ4v) is 1.77. The van der Waals surface area contributed by atoms with Crippen molar-refractivity contribution >= 4 is 6.98 Å². The molecule has 0 bridgehead atoms. The van der Waals surface area contributed by atoms with Crippen molar-refractivity contribution < 1.29 is 23.0 Å². The van der Waals surface area contributed by atoms with Crippen molar-refractivity contribution in [2.45, 2.75) is 0 Å². The normalized spacial score (nSPS) is 21.4. The number of piperazine rings is 1. The molecule has 1 aliphatic rings. The molecule has 0 spiro atoms. The fraction of sp³-hybridized carbons (Fsp3) is 1.00. The number of aliphatic hydroxyl groups excluding tert-OH is 1. The van der Waals surface area contributed by atoms with Crippen LogP contribution >= 0.6 is 0 Å². The molecule has 1 fully saturated rings. The molecule has 0 aromatic heterocycles. The van der Waals surface area contributed by atoms with Crippen molar-refractivity contribution in [1.29, 1.82) is 0 Å². The molecule has 1 saturated heterocycles. The molecular weight excluding hydrogens is 196 g/mol. The minimum absolute atomic E-state index is 0.0819. The summed E-state index contributed by atoms with van der Waals surface area (Å²) in [6.45, 7) is -1.64. The summed E-state index contributed by atoms with van der Waals surface area (Å²) in [6.07, 6.45) is -0.674. The second-order valence-electron chi connectivity index (χ2n) is 3.73. The van der Waals surface area contributed by atoms with E-state index >= 15 is 0 Å². The van der Waals surface area contributed by atoms with Gasteiger partial charge in [-0.2, -0.15) is 0 Å². The lowest BCUT2D eigenvalue weighted by Crippen LogP contribution is -3.16. The first-order valence-electron chi connectivity index (χ1n) is 4.89. The van der Waals surface area contributed by atoms with Crippen molar-refractivity contribution in [1.82, 2.24) is 4.90 Å². The van der Waals surface area contributed by atoms with E-state index in [0.717, 1.165) is 0 Å². The molecule has 0 radical (unpaired) electrons. The number of rotatable bonds is 4. The number of nitrogens with zero attached hydrogens (tertiary/aromatic N) is 1. The second-order valence-corrected chi connectivity index (χ2v) is 3.73. The van der Waals surface area contributed by atoms with Gasteiger partial charge in [-0.1, -0.05) is 0 Å². The van der Waals surface area contributed by atoms with Crippen LogP contribution in [0.5, 0.6) is 0 Å². The number of hydrogen-bond acceptors (Lipinski definition) is 2. The van der Waals surface area contributed by atoms with E-state index in [2.05, 4.69) is 0 Å². The highest BCUT2D eigenvalue weighted by molar-refractivity contribution is 6.58. The molecule has 7 heteroatoms. The third-order valence-electron chi connectivity index (χ3n) is 2.50. The lowest BCUT2D eigenvalue weighted by atomic mass is 9.91. The molecule has 1 rings (SSSR count). The highest BCUT2D eigenvalue weighted by Crippen LogP contribution is 2.04. The number of β-amino-alcohol motifs (C(OH)–C–C–N with tert-alkyl or cyclic N) is 1. The third kappa shape index (κ3) is 4.30. The van der Waals surface area contributed by atoms with Gasteiger partial charge in [-0.15, -0.1) is 0 Å². The summed E-state index contributed by atoms with van der Waals surface area (Å²) < 4.78 is 36.2. The molecule has 0 aliphatic carbocycles. The van der Waals surface area contributed by atoms with Gasteiger partial charge in [0.25, 0.3) is 0 Å². The van der Waals surface area contributed by atoms with Gasteiger partial charge in [0, 0.05) is 19.6 Å². The van der Waals surface area contributed by atoms with Crippen LogP contribution in [0.25, 0.3) is 0 Å². The predicted molar refractivity (Wildman–Crippen MR) is 48.2 cm³/mol. The monoisotopic (exact) mass is 212 g/mol. The average Bonchev–Trinajstić information content (AvgIpc) is 2.06. The molecule has 1 aliphatic heterocycles. The quantitative estimate of drug-likeness (QED) is 0.559. The van der Waals surface area contributed by atoms with E-state index in [-0.39, 0.29) is 6.61 Å². The van der Waals surface area contributed by atoms with E-state index in [9.17, 15) is 12.9 Å². The van der Waals surface area contributed by atoms with Crippen LogP contribution in [-0.2, 0) is 0 Å². The van der Waals surface area contributed by atoms with Crippen LogP contribution in [0.2, 0.25) is 0 Å². The smallest absolute Gasteiger partial charge is 0.445 e. The van der Waals surface area contributed by atoms with E-state index in [1.807, 2.05) is 4.90 Å². The molecule has 2 N–H and O–H groups in total. The minimum Gasteiger partial charge on any atom is -0.445 e. The fourth-order valence-electron chi connectivity index (χ4n) is 1.77.